The van der Waals surface area contributed by atoms with Crippen molar-refractivity contribution in [2.75, 3.05) is 7.11 Å². The van der Waals surface area contributed by atoms with Crippen molar-refractivity contribution in [1.82, 2.24) is 0 Å². The van der Waals surface area contributed by atoms with Gasteiger partial charge in [-0.3, -0.25) is 0 Å². The fourth-order valence-corrected chi connectivity index (χ4v) is 2.83. The fraction of sp³-hybridized carbons (Fsp3) is 0.333. The number of hydrogen-bond donors (Lipinski definition) is 0. The van der Waals surface area contributed by atoms with E-state index in [1.807, 2.05) is 0 Å². The SMILES string of the molecule is [1H][13C@@]([2H])(C)[Se](=O)(=O)c1ccccc1OC. The van der Waals surface area contributed by atoms with Gasteiger partial charge in [-0.2, -0.15) is 0 Å². The van der Waals surface area contributed by atoms with Gasteiger partial charge in [-0.25, -0.2) is 0 Å². The first kappa shape index (κ1) is 7.53. The van der Waals surface area contributed by atoms with E-state index in [9.17, 15) is 7.67 Å². The molecule has 0 aliphatic heterocycles. The van der Waals surface area contributed by atoms with Crippen LogP contribution in [0.3, 0.4) is 0 Å². The first-order valence-electron chi connectivity index (χ1n) is 4.68. The molecule has 0 N–H and O–H groups in total. The quantitative estimate of drug-likeness (QED) is 0.597. The zero-order valence-corrected chi connectivity index (χ0v) is 9.16. The molecular weight excluding hydrogens is 236 g/mol. The fourth-order valence-electron chi connectivity index (χ4n) is 0.951. The molecule has 3 nitrogen and oxygen atoms in total. The van der Waals surface area contributed by atoms with Crippen LogP contribution >= 0.6 is 0 Å². The Morgan fingerprint density at radius 2 is 2.23 bits per heavy atom. The molecule has 0 fully saturated rings. The number of methoxy groups -OCH3 is 1. The molecular formula is C9H12O3Se. The van der Waals surface area contributed by atoms with Gasteiger partial charge >= 0.3 is 81.6 Å². The van der Waals surface area contributed by atoms with Gasteiger partial charge in [-0.15, -0.1) is 0 Å². The van der Waals surface area contributed by atoms with Crippen molar-refractivity contribution in [2.45, 2.75) is 12.2 Å². The Kier molecular flexibility index (Phi) is 2.26. The van der Waals surface area contributed by atoms with Gasteiger partial charge in [0.25, 0.3) is 0 Å². The topological polar surface area (TPSA) is 43.4 Å². The van der Waals surface area contributed by atoms with E-state index in [0.29, 0.717) is 0 Å². The van der Waals surface area contributed by atoms with Gasteiger partial charge in [0.2, 0.25) is 0 Å². The number of hydrogen-bond acceptors (Lipinski definition) is 3. The van der Waals surface area contributed by atoms with Crippen molar-refractivity contribution in [1.29, 1.82) is 0 Å². The van der Waals surface area contributed by atoms with Crippen LogP contribution in [0.1, 0.15) is 9.67 Å². The van der Waals surface area contributed by atoms with Crippen molar-refractivity contribution in [3.63, 3.8) is 0 Å². The van der Waals surface area contributed by atoms with Gasteiger partial charge in [0.05, 0.1) is 0 Å². The van der Waals surface area contributed by atoms with E-state index >= 15 is 0 Å². The summed E-state index contributed by atoms with van der Waals surface area (Å²) in [4.78, 5) is 0. The average molecular weight is 249 g/mol. The van der Waals surface area contributed by atoms with Crippen LogP contribution in [0.2, 0.25) is 5.27 Å². The standard InChI is InChI=1S/C9H12O3Se/c1-3-13(10,11)9-7-5-4-6-8(9)12-2/h4-7H,3H2,1-2H3/i3+1DH/t3-/m1/s1. The summed E-state index contributed by atoms with van der Waals surface area (Å²) < 4.78 is 43.1. The number of para-hydroxylation sites is 1. The summed E-state index contributed by atoms with van der Waals surface area (Å²) in [6.45, 7) is 1.04. The molecule has 13 heavy (non-hydrogen) atoms. The van der Waals surface area contributed by atoms with Gasteiger partial charge in [-0.1, -0.05) is 0 Å². The number of benzene rings is 1. The Labute approximate surface area is 82.2 Å². The Balaban J connectivity index is 3.41. The summed E-state index contributed by atoms with van der Waals surface area (Å²) in [5.41, 5.74) is 0. The minimum absolute atomic E-state index is 0.0521. The van der Waals surface area contributed by atoms with Crippen LogP contribution in [-0.2, 0) is 7.67 Å². The van der Waals surface area contributed by atoms with Crippen LogP contribution in [0.15, 0.2) is 24.3 Å². The van der Waals surface area contributed by atoms with E-state index < -0.39 is 18.0 Å². The van der Waals surface area contributed by atoms with Crippen molar-refractivity contribution < 1.29 is 15.1 Å². The van der Waals surface area contributed by atoms with Crippen molar-refractivity contribution in [3.8, 4) is 5.75 Å². The van der Waals surface area contributed by atoms with Crippen molar-refractivity contribution in [2.24, 2.45) is 0 Å². The first-order chi connectivity index (χ1) is 6.80. The third kappa shape index (κ3) is 2.08. The number of rotatable bonds is 3. The molecule has 0 amide bonds. The summed E-state index contributed by atoms with van der Waals surface area (Å²) in [5, 5.41) is -2.24. The minimum atomic E-state index is -4.83. The Hall–Kier alpha value is -0.861. The van der Waals surface area contributed by atoms with Crippen molar-refractivity contribution in [3.05, 3.63) is 24.3 Å². The molecule has 1 aromatic rings. The number of ether oxygens (including phenoxy) is 1. The third-order valence-corrected chi connectivity index (χ3v) is 4.68. The predicted molar refractivity (Wildman–Crippen MR) is 50.2 cm³/mol. The molecule has 1 atom stereocenters. The maximum absolute atomic E-state index is 11.9. The zero-order chi connectivity index (χ0) is 11.7. The summed E-state index contributed by atoms with van der Waals surface area (Å²) >= 11 is -4.83. The molecule has 1 aromatic carbocycles. The third-order valence-electron chi connectivity index (χ3n) is 1.63. The zero-order valence-electron chi connectivity index (χ0n) is 9.44. The van der Waals surface area contributed by atoms with E-state index in [4.69, 9.17) is 7.48 Å². The normalized spacial score (nSPS) is 18.3. The monoisotopic (exact) mass is 250 g/mol. The Morgan fingerprint density at radius 3 is 2.77 bits per heavy atom. The predicted octanol–water partition coefficient (Wildman–Crippen LogP) is 1.23. The molecule has 0 unspecified atom stereocenters. The molecule has 0 saturated carbocycles. The molecule has 0 aromatic heterocycles. The van der Waals surface area contributed by atoms with Crippen LogP contribution in [-0.4, -0.2) is 19.8 Å². The van der Waals surface area contributed by atoms with Gasteiger partial charge in [0.1, 0.15) is 0 Å². The first-order valence-corrected chi connectivity index (χ1v) is 6.79. The second-order valence-electron chi connectivity index (χ2n) is 2.36. The van der Waals surface area contributed by atoms with Gasteiger partial charge in [0, 0.05) is 0 Å². The van der Waals surface area contributed by atoms with Gasteiger partial charge in [-0.05, 0) is 0 Å². The summed E-state index contributed by atoms with van der Waals surface area (Å²) in [6, 6.07) is 6.05. The van der Waals surface area contributed by atoms with E-state index in [1.54, 1.807) is 12.1 Å². The van der Waals surface area contributed by atoms with E-state index in [0.717, 1.165) is 6.92 Å². The van der Waals surface area contributed by atoms with E-state index in [-0.39, 0.29) is 10.2 Å². The maximum atomic E-state index is 11.9. The van der Waals surface area contributed by atoms with Crippen LogP contribution in [0.5, 0.6) is 5.75 Å². The van der Waals surface area contributed by atoms with Crippen LogP contribution < -0.4 is 9.20 Å². The molecule has 0 saturated heterocycles. The Morgan fingerprint density at radius 1 is 1.62 bits per heavy atom. The summed E-state index contributed by atoms with van der Waals surface area (Å²) in [7, 11) is 1.36. The molecule has 1 rings (SSSR count). The molecule has 0 spiro atoms. The van der Waals surface area contributed by atoms with Crippen molar-refractivity contribution >= 4 is 17.2 Å². The summed E-state index contributed by atoms with van der Waals surface area (Å²) in [5.74, 6) is 0.188. The molecule has 0 aliphatic carbocycles. The molecule has 0 radical (unpaired) electrons. The summed E-state index contributed by atoms with van der Waals surface area (Å²) in [6.07, 6.45) is 0. The van der Waals surface area contributed by atoms with Gasteiger partial charge in [0.15, 0.2) is 0 Å². The van der Waals surface area contributed by atoms with E-state index in [2.05, 4.69) is 0 Å². The molecule has 72 valence electrons. The average Bonchev–Trinajstić information content (AvgIpc) is 2.16. The Bertz CT molecular complexity index is 449. The van der Waals surface area contributed by atoms with E-state index in [1.165, 1.54) is 19.2 Å². The second-order valence-corrected chi connectivity index (χ2v) is 6.25. The second kappa shape index (κ2) is 3.90. The van der Waals surface area contributed by atoms with Crippen LogP contribution in [0.25, 0.3) is 0 Å². The molecule has 0 bridgehead atoms. The molecule has 0 aliphatic rings. The van der Waals surface area contributed by atoms with Crippen LogP contribution in [0.4, 0.5) is 0 Å². The van der Waals surface area contributed by atoms with Crippen LogP contribution in [0, 0.1) is 0 Å². The molecule has 0 heterocycles. The van der Waals surface area contributed by atoms with Gasteiger partial charge < -0.3 is 0 Å². The molecule has 4 heteroatoms.